The van der Waals surface area contributed by atoms with E-state index in [0.29, 0.717) is 5.69 Å². The Kier molecular flexibility index (Phi) is 3.85. The van der Waals surface area contributed by atoms with Gasteiger partial charge in [0.2, 0.25) is 0 Å². The minimum absolute atomic E-state index is 0.346. The summed E-state index contributed by atoms with van der Waals surface area (Å²) in [6.07, 6.45) is 0. The number of esters is 1. The van der Waals surface area contributed by atoms with Crippen LogP contribution in [0.1, 0.15) is 21.6 Å². The first kappa shape index (κ1) is 13.5. The van der Waals surface area contributed by atoms with Crippen LogP contribution in [0.2, 0.25) is 0 Å². The molecule has 0 spiro atoms. The SMILES string of the molecule is COC(=O)c1csc(N(C)c2cc(C)cc(C)c2)n1. The van der Waals surface area contributed by atoms with E-state index in [4.69, 9.17) is 0 Å². The lowest BCUT2D eigenvalue weighted by molar-refractivity contribution is 0.0595. The maximum atomic E-state index is 11.4. The lowest BCUT2D eigenvalue weighted by Gasteiger charge is -2.17. The largest absolute Gasteiger partial charge is 0.464 e. The fraction of sp³-hybridized carbons (Fsp3) is 0.286. The first-order valence-corrected chi connectivity index (χ1v) is 6.75. The van der Waals surface area contributed by atoms with Crippen LogP contribution < -0.4 is 4.90 Å². The van der Waals surface area contributed by atoms with E-state index in [9.17, 15) is 4.79 Å². The Bertz CT molecular complexity index is 587. The number of nitrogens with zero attached hydrogens (tertiary/aromatic N) is 2. The molecule has 0 aliphatic carbocycles. The third-order valence-electron chi connectivity index (χ3n) is 2.77. The van der Waals surface area contributed by atoms with E-state index in [1.165, 1.54) is 29.6 Å². The molecule has 4 nitrogen and oxygen atoms in total. The average molecular weight is 276 g/mol. The molecule has 0 aliphatic heterocycles. The summed E-state index contributed by atoms with van der Waals surface area (Å²) in [6.45, 7) is 4.12. The summed E-state index contributed by atoms with van der Waals surface area (Å²) in [5, 5.41) is 2.48. The van der Waals surface area contributed by atoms with Gasteiger partial charge in [0.25, 0.3) is 0 Å². The molecule has 0 bridgehead atoms. The fourth-order valence-corrected chi connectivity index (χ4v) is 2.65. The van der Waals surface area contributed by atoms with Crippen LogP contribution >= 0.6 is 11.3 Å². The summed E-state index contributed by atoms with van der Waals surface area (Å²) in [7, 11) is 3.29. The van der Waals surface area contributed by atoms with Gasteiger partial charge in [0.1, 0.15) is 0 Å². The maximum absolute atomic E-state index is 11.4. The van der Waals surface area contributed by atoms with Crippen molar-refractivity contribution in [2.24, 2.45) is 0 Å². The van der Waals surface area contributed by atoms with Gasteiger partial charge >= 0.3 is 5.97 Å². The zero-order valence-corrected chi connectivity index (χ0v) is 12.2. The van der Waals surface area contributed by atoms with Crippen LogP contribution in [0.15, 0.2) is 23.6 Å². The van der Waals surface area contributed by atoms with E-state index in [-0.39, 0.29) is 0 Å². The Balaban J connectivity index is 2.30. The topological polar surface area (TPSA) is 42.4 Å². The maximum Gasteiger partial charge on any atom is 0.357 e. The smallest absolute Gasteiger partial charge is 0.357 e. The lowest BCUT2D eigenvalue weighted by atomic mass is 10.1. The van der Waals surface area contributed by atoms with Gasteiger partial charge in [-0.15, -0.1) is 11.3 Å². The van der Waals surface area contributed by atoms with Crippen LogP contribution in [0, 0.1) is 13.8 Å². The molecule has 0 amide bonds. The number of aryl methyl sites for hydroxylation is 2. The molecule has 0 unspecified atom stereocenters. The zero-order valence-electron chi connectivity index (χ0n) is 11.4. The molecule has 19 heavy (non-hydrogen) atoms. The zero-order chi connectivity index (χ0) is 14.0. The predicted molar refractivity (Wildman–Crippen MR) is 77.4 cm³/mol. The molecule has 100 valence electrons. The number of ether oxygens (including phenoxy) is 1. The number of hydrogen-bond donors (Lipinski definition) is 0. The Labute approximate surface area is 116 Å². The molecular weight excluding hydrogens is 260 g/mol. The third-order valence-corrected chi connectivity index (χ3v) is 3.68. The van der Waals surface area contributed by atoms with E-state index in [1.807, 2.05) is 11.9 Å². The van der Waals surface area contributed by atoms with Gasteiger partial charge < -0.3 is 9.64 Å². The molecule has 5 heteroatoms. The number of benzene rings is 1. The molecule has 0 fully saturated rings. The monoisotopic (exact) mass is 276 g/mol. The first-order chi connectivity index (χ1) is 9.01. The minimum Gasteiger partial charge on any atom is -0.464 e. The second kappa shape index (κ2) is 5.40. The molecule has 0 aliphatic rings. The van der Waals surface area contributed by atoms with Crippen LogP contribution in [-0.2, 0) is 4.74 Å². The normalized spacial score (nSPS) is 10.3. The summed E-state index contributed by atoms with van der Waals surface area (Å²) in [5.41, 5.74) is 3.81. The van der Waals surface area contributed by atoms with Crippen molar-refractivity contribution in [1.29, 1.82) is 0 Å². The number of aromatic nitrogens is 1. The van der Waals surface area contributed by atoms with Gasteiger partial charge in [-0.3, -0.25) is 0 Å². The number of methoxy groups -OCH3 is 1. The minimum atomic E-state index is -0.406. The molecule has 2 rings (SSSR count). The highest BCUT2D eigenvalue weighted by Gasteiger charge is 2.14. The Morgan fingerprint density at radius 2 is 1.89 bits per heavy atom. The van der Waals surface area contributed by atoms with Crippen molar-refractivity contribution < 1.29 is 9.53 Å². The second-order valence-corrected chi connectivity index (χ2v) is 5.25. The quantitative estimate of drug-likeness (QED) is 0.807. The van der Waals surface area contributed by atoms with Gasteiger partial charge in [-0.1, -0.05) is 6.07 Å². The molecule has 1 heterocycles. The van der Waals surface area contributed by atoms with E-state index in [1.54, 1.807) is 5.38 Å². The number of rotatable bonds is 3. The third kappa shape index (κ3) is 2.93. The van der Waals surface area contributed by atoms with Gasteiger partial charge in [0, 0.05) is 18.1 Å². The highest BCUT2D eigenvalue weighted by atomic mass is 32.1. The molecule has 0 radical (unpaired) electrons. The van der Waals surface area contributed by atoms with Crippen LogP contribution in [-0.4, -0.2) is 25.1 Å². The summed E-state index contributed by atoms with van der Waals surface area (Å²) in [4.78, 5) is 17.7. The van der Waals surface area contributed by atoms with Gasteiger partial charge in [-0.2, -0.15) is 0 Å². The predicted octanol–water partition coefficient (Wildman–Crippen LogP) is 3.31. The number of anilines is 2. The van der Waals surface area contributed by atoms with Crippen molar-refractivity contribution in [1.82, 2.24) is 4.98 Å². The van der Waals surface area contributed by atoms with Crippen LogP contribution in [0.4, 0.5) is 10.8 Å². The fourth-order valence-electron chi connectivity index (χ4n) is 1.87. The summed E-state index contributed by atoms with van der Waals surface area (Å²) in [5.74, 6) is -0.406. The van der Waals surface area contributed by atoms with Gasteiger partial charge in [0.05, 0.1) is 7.11 Å². The molecule has 0 N–H and O–H groups in total. The molecular formula is C14H16N2O2S. The second-order valence-electron chi connectivity index (χ2n) is 4.41. The van der Waals surface area contributed by atoms with Crippen LogP contribution in [0.25, 0.3) is 0 Å². The van der Waals surface area contributed by atoms with Crippen molar-refractivity contribution in [3.05, 3.63) is 40.4 Å². The van der Waals surface area contributed by atoms with Gasteiger partial charge in [-0.25, -0.2) is 9.78 Å². The number of carbonyl (C=O) groups is 1. The Hall–Kier alpha value is -1.88. The Morgan fingerprint density at radius 3 is 2.47 bits per heavy atom. The highest BCUT2D eigenvalue weighted by Crippen LogP contribution is 2.28. The van der Waals surface area contributed by atoms with Gasteiger partial charge in [0.15, 0.2) is 10.8 Å². The van der Waals surface area contributed by atoms with Crippen LogP contribution in [0.5, 0.6) is 0 Å². The van der Waals surface area contributed by atoms with E-state index in [0.717, 1.165) is 10.8 Å². The summed E-state index contributed by atoms with van der Waals surface area (Å²) < 4.78 is 4.66. The molecule has 0 atom stereocenters. The first-order valence-electron chi connectivity index (χ1n) is 5.87. The van der Waals surface area contributed by atoms with E-state index < -0.39 is 5.97 Å². The van der Waals surface area contributed by atoms with Gasteiger partial charge in [-0.05, 0) is 37.1 Å². The Morgan fingerprint density at radius 1 is 1.26 bits per heavy atom. The molecule has 1 aromatic carbocycles. The molecule has 2 aromatic rings. The van der Waals surface area contributed by atoms with E-state index in [2.05, 4.69) is 41.8 Å². The highest BCUT2D eigenvalue weighted by molar-refractivity contribution is 7.14. The number of thiazole rings is 1. The van der Waals surface area contributed by atoms with Crippen molar-refractivity contribution in [3.63, 3.8) is 0 Å². The molecule has 1 aromatic heterocycles. The van der Waals surface area contributed by atoms with E-state index >= 15 is 0 Å². The molecule has 0 saturated heterocycles. The summed E-state index contributed by atoms with van der Waals surface area (Å²) in [6, 6.07) is 6.30. The van der Waals surface area contributed by atoms with Crippen molar-refractivity contribution in [2.75, 3.05) is 19.1 Å². The number of carbonyl (C=O) groups excluding carboxylic acids is 1. The average Bonchev–Trinajstić information content (AvgIpc) is 2.85. The summed E-state index contributed by atoms with van der Waals surface area (Å²) >= 11 is 1.42. The number of hydrogen-bond acceptors (Lipinski definition) is 5. The lowest BCUT2D eigenvalue weighted by Crippen LogP contribution is -2.10. The standard InChI is InChI=1S/C14H16N2O2S/c1-9-5-10(2)7-11(6-9)16(3)14-15-12(8-19-14)13(17)18-4/h5-8H,1-4H3. The van der Waals surface area contributed by atoms with Crippen LogP contribution in [0.3, 0.4) is 0 Å². The molecule has 0 saturated carbocycles. The van der Waals surface area contributed by atoms with Crippen molar-refractivity contribution in [3.8, 4) is 0 Å². The van der Waals surface area contributed by atoms with Crippen molar-refractivity contribution in [2.45, 2.75) is 13.8 Å². The van der Waals surface area contributed by atoms with Crippen molar-refractivity contribution >= 4 is 28.1 Å².